The smallest absolute Gasteiger partial charge is 0.161 e. The Morgan fingerprint density at radius 2 is 2.50 bits per heavy atom. The van der Waals surface area contributed by atoms with Crippen molar-refractivity contribution >= 4 is 0 Å². The Labute approximate surface area is 74.0 Å². The summed E-state index contributed by atoms with van der Waals surface area (Å²) in [5.74, 6) is 1.01. The van der Waals surface area contributed by atoms with Crippen LogP contribution in [0.25, 0.3) is 0 Å². The van der Waals surface area contributed by atoms with Crippen molar-refractivity contribution < 1.29 is 4.74 Å². The minimum Gasteiger partial charge on any atom is -0.478 e. The second-order valence-corrected chi connectivity index (χ2v) is 3.42. The van der Waals surface area contributed by atoms with E-state index in [4.69, 9.17) is 10.5 Å². The molecule has 0 aromatic heterocycles. The van der Waals surface area contributed by atoms with Crippen molar-refractivity contribution in [1.29, 1.82) is 0 Å². The number of rotatable bonds is 4. The number of hydrogen-bond acceptors (Lipinski definition) is 3. The maximum Gasteiger partial charge on any atom is 0.161 e. The zero-order valence-electron chi connectivity index (χ0n) is 7.89. The fourth-order valence-corrected chi connectivity index (χ4v) is 1.34. The summed E-state index contributed by atoms with van der Waals surface area (Å²) in [5.41, 5.74) is 5.21. The number of nitrogens with one attached hydrogen (secondary N) is 1. The quantitative estimate of drug-likeness (QED) is 0.618. The van der Waals surface area contributed by atoms with Crippen LogP contribution in [-0.2, 0) is 4.74 Å². The molecule has 0 radical (unpaired) electrons. The van der Waals surface area contributed by atoms with Crippen molar-refractivity contribution in [3.05, 3.63) is 11.8 Å². The lowest BCUT2D eigenvalue weighted by Gasteiger charge is -2.26. The standard InChI is InChI=1S/C9H18N2O/c1-8-4-5-9(2,12-8)11-7-3-6-10/h4,11H,3,5-7,10H2,1-2H3. The Morgan fingerprint density at radius 3 is 3.00 bits per heavy atom. The summed E-state index contributed by atoms with van der Waals surface area (Å²) in [5, 5.41) is 3.34. The van der Waals surface area contributed by atoms with Crippen molar-refractivity contribution in [3.8, 4) is 0 Å². The second kappa shape index (κ2) is 3.92. The van der Waals surface area contributed by atoms with E-state index in [1.165, 1.54) is 0 Å². The molecular weight excluding hydrogens is 152 g/mol. The molecule has 3 heteroatoms. The third kappa shape index (κ3) is 2.50. The predicted molar refractivity (Wildman–Crippen MR) is 49.5 cm³/mol. The van der Waals surface area contributed by atoms with E-state index >= 15 is 0 Å². The topological polar surface area (TPSA) is 47.3 Å². The molecule has 3 nitrogen and oxygen atoms in total. The lowest BCUT2D eigenvalue weighted by atomic mass is 10.2. The first-order valence-electron chi connectivity index (χ1n) is 4.47. The fourth-order valence-electron chi connectivity index (χ4n) is 1.34. The lowest BCUT2D eigenvalue weighted by molar-refractivity contribution is 0.0128. The average molecular weight is 170 g/mol. The molecule has 12 heavy (non-hydrogen) atoms. The van der Waals surface area contributed by atoms with Crippen LogP contribution in [0.4, 0.5) is 0 Å². The molecule has 0 aliphatic carbocycles. The molecule has 3 N–H and O–H groups in total. The van der Waals surface area contributed by atoms with E-state index < -0.39 is 0 Å². The molecule has 1 aliphatic heterocycles. The number of ether oxygens (including phenoxy) is 1. The highest BCUT2D eigenvalue weighted by Crippen LogP contribution is 2.24. The minimum atomic E-state index is -0.181. The van der Waals surface area contributed by atoms with Gasteiger partial charge in [0, 0.05) is 6.42 Å². The zero-order valence-corrected chi connectivity index (χ0v) is 7.89. The van der Waals surface area contributed by atoms with Crippen molar-refractivity contribution in [3.63, 3.8) is 0 Å². The first kappa shape index (κ1) is 9.55. The molecule has 0 bridgehead atoms. The van der Waals surface area contributed by atoms with Crippen LogP contribution in [0.3, 0.4) is 0 Å². The molecule has 1 atom stereocenters. The first-order chi connectivity index (χ1) is 5.66. The molecule has 1 unspecified atom stereocenters. The fraction of sp³-hybridized carbons (Fsp3) is 0.778. The lowest BCUT2D eigenvalue weighted by Crippen LogP contribution is -2.42. The maximum atomic E-state index is 5.60. The van der Waals surface area contributed by atoms with Crippen LogP contribution >= 0.6 is 0 Å². The normalized spacial score (nSPS) is 28.4. The summed E-state index contributed by atoms with van der Waals surface area (Å²) >= 11 is 0. The Balaban J connectivity index is 2.23. The van der Waals surface area contributed by atoms with Crippen molar-refractivity contribution in [2.24, 2.45) is 5.73 Å². The molecule has 0 amide bonds. The van der Waals surface area contributed by atoms with E-state index in [1.807, 2.05) is 6.92 Å². The zero-order chi connectivity index (χ0) is 9.03. The minimum absolute atomic E-state index is 0.181. The average Bonchev–Trinajstić information content (AvgIpc) is 2.32. The highest BCUT2D eigenvalue weighted by atomic mass is 16.5. The third-order valence-electron chi connectivity index (χ3n) is 2.05. The summed E-state index contributed by atoms with van der Waals surface area (Å²) < 4.78 is 5.60. The molecule has 0 fully saturated rings. The van der Waals surface area contributed by atoms with E-state index in [1.54, 1.807) is 0 Å². The third-order valence-corrected chi connectivity index (χ3v) is 2.05. The number of nitrogens with two attached hydrogens (primary N) is 1. The van der Waals surface area contributed by atoms with E-state index in [0.717, 1.165) is 31.7 Å². The Hall–Kier alpha value is -0.540. The van der Waals surface area contributed by atoms with Gasteiger partial charge in [0.15, 0.2) is 5.72 Å². The predicted octanol–water partition coefficient (Wildman–Crippen LogP) is 0.965. The van der Waals surface area contributed by atoms with Gasteiger partial charge in [-0.05, 0) is 39.4 Å². The van der Waals surface area contributed by atoms with Crippen LogP contribution in [0.2, 0.25) is 0 Å². The van der Waals surface area contributed by atoms with Gasteiger partial charge >= 0.3 is 0 Å². The second-order valence-electron chi connectivity index (χ2n) is 3.42. The Bertz CT molecular complexity index is 179. The van der Waals surface area contributed by atoms with Gasteiger partial charge in [0.25, 0.3) is 0 Å². The van der Waals surface area contributed by atoms with Crippen molar-refractivity contribution in [2.75, 3.05) is 13.1 Å². The van der Waals surface area contributed by atoms with Crippen molar-refractivity contribution in [1.82, 2.24) is 5.32 Å². The van der Waals surface area contributed by atoms with Gasteiger partial charge < -0.3 is 10.5 Å². The molecule has 1 rings (SSSR count). The molecule has 70 valence electrons. The van der Waals surface area contributed by atoms with Gasteiger partial charge in [0.2, 0.25) is 0 Å². The molecule has 0 saturated carbocycles. The first-order valence-corrected chi connectivity index (χ1v) is 4.47. The van der Waals surface area contributed by atoms with Gasteiger partial charge in [-0.3, -0.25) is 5.32 Å². The molecule has 0 spiro atoms. The van der Waals surface area contributed by atoms with Crippen LogP contribution in [0.15, 0.2) is 11.8 Å². The number of hydrogen-bond donors (Lipinski definition) is 2. The number of allylic oxidation sites excluding steroid dienone is 1. The van der Waals surface area contributed by atoms with Gasteiger partial charge in [-0.2, -0.15) is 0 Å². The highest BCUT2D eigenvalue weighted by molar-refractivity contribution is 5.02. The SMILES string of the molecule is CC1=CCC(C)(NCCCN)O1. The maximum absolute atomic E-state index is 5.60. The summed E-state index contributed by atoms with van der Waals surface area (Å²) in [4.78, 5) is 0. The monoisotopic (exact) mass is 170 g/mol. The molecular formula is C9H18N2O. The molecule has 1 heterocycles. The summed E-state index contributed by atoms with van der Waals surface area (Å²) in [6, 6.07) is 0. The Kier molecular flexibility index (Phi) is 3.12. The summed E-state index contributed by atoms with van der Waals surface area (Å²) in [6.07, 6.45) is 4.05. The van der Waals surface area contributed by atoms with Crippen LogP contribution in [0, 0.1) is 0 Å². The van der Waals surface area contributed by atoms with Crippen LogP contribution < -0.4 is 11.1 Å². The van der Waals surface area contributed by atoms with Crippen LogP contribution in [0.1, 0.15) is 26.7 Å². The molecule has 0 aromatic rings. The van der Waals surface area contributed by atoms with Crippen molar-refractivity contribution in [2.45, 2.75) is 32.4 Å². The van der Waals surface area contributed by atoms with Crippen LogP contribution in [0.5, 0.6) is 0 Å². The molecule has 0 aromatic carbocycles. The van der Waals surface area contributed by atoms with E-state index in [0.29, 0.717) is 0 Å². The van der Waals surface area contributed by atoms with Gasteiger partial charge in [-0.25, -0.2) is 0 Å². The molecule has 0 saturated heterocycles. The van der Waals surface area contributed by atoms with E-state index in [9.17, 15) is 0 Å². The summed E-state index contributed by atoms with van der Waals surface area (Å²) in [7, 11) is 0. The van der Waals surface area contributed by atoms with Gasteiger partial charge in [0.05, 0.1) is 5.76 Å². The van der Waals surface area contributed by atoms with E-state index in [2.05, 4.69) is 18.3 Å². The largest absolute Gasteiger partial charge is 0.478 e. The summed E-state index contributed by atoms with van der Waals surface area (Å²) in [6.45, 7) is 5.70. The van der Waals surface area contributed by atoms with Gasteiger partial charge in [-0.1, -0.05) is 0 Å². The van der Waals surface area contributed by atoms with Gasteiger partial charge in [0.1, 0.15) is 0 Å². The Morgan fingerprint density at radius 1 is 1.75 bits per heavy atom. The van der Waals surface area contributed by atoms with Gasteiger partial charge in [-0.15, -0.1) is 0 Å². The molecule has 1 aliphatic rings. The highest BCUT2D eigenvalue weighted by Gasteiger charge is 2.28. The van der Waals surface area contributed by atoms with E-state index in [-0.39, 0.29) is 5.72 Å². The van der Waals surface area contributed by atoms with Crippen LogP contribution in [-0.4, -0.2) is 18.8 Å².